The molecule has 0 aliphatic carbocycles. The summed E-state index contributed by atoms with van der Waals surface area (Å²) in [5.41, 5.74) is 1.96. The molecule has 4 nitrogen and oxygen atoms in total. The van der Waals surface area contributed by atoms with Gasteiger partial charge >= 0.3 is 0 Å². The predicted octanol–water partition coefficient (Wildman–Crippen LogP) is 1.87. The molecule has 90 valence electrons. The van der Waals surface area contributed by atoms with E-state index in [9.17, 15) is 0 Å². The fourth-order valence-electron chi connectivity index (χ4n) is 1.69. The quantitative estimate of drug-likeness (QED) is 0.863. The standard InChI is InChI=1S/C14H14N4/c15-8-13(12-4-2-1-3-5-12)9-17-10-14-6-7-16-11-18-14/h1-7,11,13,17H,9-10H2. The van der Waals surface area contributed by atoms with E-state index in [1.54, 1.807) is 6.20 Å². The monoisotopic (exact) mass is 238 g/mol. The van der Waals surface area contributed by atoms with Crippen LogP contribution in [0.2, 0.25) is 0 Å². The first-order valence-corrected chi connectivity index (χ1v) is 5.80. The number of benzene rings is 1. The van der Waals surface area contributed by atoms with Crippen molar-refractivity contribution >= 4 is 0 Å². The van der Waals surface area contributed by atoms with Gasteiger partial charge in [0.05, 0.1) is 17.7 Å². The van der Waals surface area contributed by atoms with Gasteiger partial charge in [0, 0.05) is 19.3 Å². The molecule has 1 aromatic heterocycles. The molecule has 1 unspecified atom stereocenters. The van der Waals surface area contributed by atoms with Gasteiger partial charge in [0.1, 0.15) is 6.33 Å². The molecule has 0 amide bonds. The van der Waals surface area contributed by atoms with Crippen molar-refractivity contribution in [1.82, 2.24) is 15.3 Å². The molecule has 0 radical (unpaired) electrons. The Labute approximate surface area is 106 Å². The number of nitriles is 1. The molecule has 0 aliphatic heterocycles. The van der Waals surface area contributed by atoms with Gasteiger partial charge in [0.15, 0.2) is 0 Å². The van der Waals surface area contributed by atoms with Crippen LogP contribution in [0.1, 0.15) is 17.2 Å². The van der Waals surface area contributed by atoms with Gasteiger partial charge in [-0.05, 0) is 11.6 Å². The summed E-state index contributed by atoms with van der Waals surface area (Å²) in [5.74, 6) is -0.131. The Kier molecular flexibility index (Phi) is 4.39. The third-order valence-electron chi connectivity index (χ3n) is 2.66. The maximum atomic E-state index is 9.16. The second-order valence-electron chi connectivity index (χ2n) is 3.92. The Balaban J connectivity index is 1.88. The second-order valence-corrected chi connectivity index (χ2v) is 3.92. The van der Waals surface area contributed by atoms with Crippen molar-refractivity contribution in [2.75, 3.05) is 6.54 Å². The Morgan fingerprint density at radius 3 is 2.72 bits per heavy atom. The van der Waals surface area contributed by atoms with E-state index in [1.807, 2.05) is 36.4 Å². The smallest absolute Gasteiger partial charge is 0.115 e. The van der Waals surface area contributed by atoms with E-state index in [-0.39, 0.29) is 5.92 Å². The summed E-state index contributed by atoms with van der Waals surface area (Å²) in [6.07, 6.45) is 3.24. The van der Waals surface area contributed by atoms with Crippen LogP contribution in [0.3, 0.4) is 0 Å². The molecule has 0 aliphatic rings. The van der Waals surface area contributed by atoms with Crippen molar-refractivity contribution in [3.8, 4) is 6.07 Å². The van der Waals surface area contributed by atoms with Gasteiger partial charge in [-0.3, -0.25) is 0 Å². The first-order chi connectivity index (χ1) is 8.90. The number of hydrogen-bond acceptors (Lipinski definition) is 4. The molecule has 2 rings (SSSR count). The van der Waals surface area contributed by atoms with Gasteiger partial charge in [-0.1, -0.05) is 30.3 Å². The maximum Gasteiger partial charge on any atom is 0.115 e. The minimum atomic E-state index is -0.131. The van der Waals surface area contributed by atoms with Gasteiger partial charge in [0.2, 0.25) is 0 Å². The average Bonchev–Trinajstić information content (AvgIpc) is 2.46. The molecule has 1 N–H and O–H groups in total. The van der Waals surface area contributed by atoms with E-state index in [4.69, 9.17) is 5.26 Å². The molecule has 0 fully saturated rings. The zero-order chi connectivity index (χ0) is 12.6. The van der Waals surface area contributed by atoms with Crippen molar-refractivity contribution in [3.63, 3.8) is 0 Å². The fraction of sp³-hybridized carbons (Fsp3) is 0.214. The van der Waals surface area contributed by atoms with Crippen molar-refractivity contribution in [2.45, 2.75) is 12.5 Å². The highest BCUT2D eigenvalue weighted by atomic mass is 14.9. The molecular formula is C14H14N4. The van der Waals surface area contributed by atoms with Crippen molar-refractivity contribution in [2.24, 2.45) is 0 Å². The summed E-state index contributed by atoms with van der Waals surface area (Å²) < 4.78 is 0. The van der Waals surface area contributed by atoms with Gasteiger partial charge in [-0.15, -0.1) is 0 Å². The highest BCUT2D eigenvalue weighted by molar-refractivity contribution is 5.25. The number of aromatic nitrogens is 2. The number of rotatable bonds is 5. The molecule has 18 heavy (non-hydrogen) atoms. The molecule has 4 heteroatoms. The van der Waals surface area contributed by atoms with E-state index >= 15 is 0 Å². The highest BCUT2D eigenvalue weighted by Gasteiger charge is 2.09. The molecule has 0 saturated carbocycles. The Hall–Kier alpha value is -2.25. The largest absolute Gasteiger partial charge is 0.310 e. The lowest BCUT2D eigenvalue weighted by molar-refractivity contribution is 0.641. The number of nitrogens with one attached hydrogen (secondary N) is 1. The first-order valence-electron chi connectivity index (χ1n) is 5.80. The van der Waals surface area contributed by atoms with Crippen LogP contribution in [-0.4, -0.2) is 16.5 Å². The van der Waals surface area contributed by atoms with Crippen LogP contribution < -0.4 is 5.32 Å². The van der Waals surface area contributed by atoms with Crippen molar-refractivity contribution in [1.29, 1.82) is 5.26 Å². The lowest BCUT2D eigenvalue weighted by Crippen LogP contribution is -2.21. The van der Waals surface area contributed by atoms with Crippen molar-refractivity contribution < 1.29 is 0 Å². The summed E-state index contributed by atoms with van der Waals surface area (Å²) in [5, 5.41) is 12.4. The topological polar surface area (TPSA) is 61.6 Å². The third kappa shape index (κ3) is 3.37. The molecule has 0 bridgehead atoms. The molecular weight excluding hydrogens is 224 g/mol. The van der Waals surface area contributed by atoms with E-state index in [0.717, 1.165) is 11.3 Å². The van der Waals surface area contributed by atoms with E-state index < -0.39 is 0 Å². The molecule has 2 aromatic rings. The number of hydrogen-bond donors (Lipinski definition) is 1. The summed E-state index contributed by atoms with van der Waals surface area (Å²) in [6, 6.07) is 14.0. The second kappa shape index (κ2) is 6.48. The molecule has 0 saturated heterocycles. The van der Waals surface area contributed by atoms with Crippen LogP contribution in [-0.2, 0) is 6.54 Å². The maximum absolute atomic E-state index is 9.16. The zero-order valence-electron chi connectivity index (χ0n) is 9.95. The summed E-state index contributed by atoms with van der Waals surface area (Å²) >= 11 is 0. The van der Waals surface area contributed by atoms with Crippen molar-refractivity contribution in [3.05, 3.63) is 60.2 Å². The van der Waals surface area contributed by atoms with Gasteiger partial charge in [-0.25, -0.2) is 9.97 Å². The van der Waals surface area contributed by atoms with E-state index in [2.05, 4.69) is 21.4 Å². The SMILES string of the molecule is N#CC(CNCc1ccncn1)c1ccccc1. The summed E-state index contributed by atoms with van der Waals surface area (Å²) in [6.45, 7) is 1.26. The zero-order valence-corrected chi connectivity index (χ0v) is 9.95. The van der Waals surface area contributed by atoms with Crippen LogP contribution in [0, 0.1) is 11.3 Å². The molecule has 1 heterocycles. The third-order valence-corrected chi connectivity index (χ3v) is 2.66. The van der Waals surface area contributed by atoms with Gasteiger partial charge < -0.3 is 5.32 Å². The Morgan fingerprint density at radius 2 is 2.06 bits per heavy atom. The lowest BCUT2D eigenvalue weighted by Gasteiger charge is -2.10. The number of nitrogens with zero attached hydrogens (tertiary/aromatic N) is 3. The Morgan fingerprint density at radius 1 is 1.22 bits per heavy atom. The van der Waals surface area contributed by atoms with Crippen LogP contribution >= 0.6 is 0 Å². The molecule has 1 aromatic carbocycles. The summed E-state index contributed by atoms with van der Waals surface area (Å²) in [7, 11) is 0. The lowest BCUT2D eigenvalue weighted by atomic mass is 10.0. The molecule has 0 spiro atoms. The summed E-state index contributed by atoms with van der Waals surface area (Å²) in [4.78, 5) is 7.98. The predicted molar refractivity (Wildman–Crippen MR) is 68.5 cm³/mol. The highest BCUT2D eigenvalue weighted by Crippen LogP contribution is 2.13. The van der Waals surface area contributed by atoms with E-state index in [1.165, 1.54) is 6.33 Å². The van der Waals surface area contributed by atoms with Crippen LogP contribution in [0.4, 0.5) is 0 Å². The van der Waals surface area contributed by atoms with Crippen LogP contribution in [0.5, 0.6) is 0 Å². The minimum Gasteiger partial charge on any atom is -0.310 e. The molecule has 1 atom stereocenters. The van der Waals surface area contributed by atoms with Gasteiger partial charge in [0.25, 0.3) is 0 Å². The Bertz CT molecular complexity index is 504. The van der Waals surface area contributed by atoms with Crippen LogP contribution in [0.15, 0.2) is 48.9 Å². The first kappa shape index (κ1) is 12.2. The van der Waals surface area contributed by atoms with Gasteiger partial charge in [-0.2, -0.15) is 5.26 Å². The van der Waals surface area contributed by atoms with E-state index in [0.29, 0.717) is 13.1 Å². The average molecular weight is 238 g/mol. The fourth-order valence-corrected chi connectivity index (χ4v) is 1.69. The minimum absolute atomic E-state index is 0.131. The normalized spacial score (nSPS) is 11.7. The van der Waals surface area contributed by atoms with Crippen LogP contribution in [0.25, 0.3) is 0 Å².